The molecule has 0 saturated carbocycles. The number of carbonyl (C=O) groups is 1. The highest BCUT2D eigenvalue weighted by molar-refractivity contribution is 5.82. The molecule has 0 spiro atoms. The lowest BCUT2D eigenvalue weighted by Gasteiger charge is -1.99. The van der Waals surface area contributed by atoms with Crippen LogP contribution in [0.15, 0.2) is 12.4 Å². The predicted molar refractivity (Wildman–Crippen MR) is 39.2 cm³/mol. The standard InChI is InChI=1S/C6H9N3O2/c1-2-11-6(10)9-5-7-3-4-8-5/h3-4H,2H2,1H3,(H2,7,8,9,10). The molecule has 2 N–H and O–H groups in total. The second-order valence-corrected chi connectivity index (χ2v) is 1.78. The molecule has 1 aromatic heterocycles. The lowest BCUT2D eigenvalue weighted by atomic mass is 10.8. The third-order valence-corrected chi connectivity index (χ3v) is 0.994. The Hall–Kier alpha value is -1.52. The van der Waals surface area contributed by atoms with Crippen molar-refractivity contribution in [1.82, 2.24) is 9.97 Å². The molecule has 5 nitrogen and oxygen atoms in total. The summed E-state index contributed by atoms with van der Waals surface area (Å²) in [5, 5.41) is 2.40. The van der Waals surface area contributed by atoms with Gasteiger partial charge in [-0.1, -0.05) is 0 Å². The number of carbonyl (C=O) groups excluding carboxylic acids is 1. The average molecular weight is 155 g/mol. The van der Waals surface area contributed by atoms with E-state index in [0.717, 1.165) is 0 Å². The summed E-state index contributed by atoms with van der Waals surface area (Å²) < 4.78 is 4.61. The number of aromatic amines is 1. The quantitative estimate of drug-likeness (QED) is 0.668. The number of hydrogen-bond donors (Lipinski definition) is 2. The number of imidazole rings is 1. The summed E-state index contributed by atoms with van der Waals surface area (Å²) in [6.07, 6.45) is 2.66. The Kier molecular flexibility index (Phi) is 2.48. The lowest BCUT2D eigenvalue weighted by molar-refractivity contribution is 0.167. The number of ether oxygens (including phenoxy) is 1. The highest BCUT2D eigenvalue weighted by atomic mass is 16.5. The van der Waals surface area contributed by atoms with Crippen LogP contribution in [0.2, 0.25) is 0 Å². The maximum absolute atomic E-state index is 10.7. The molecule has 0 aliphatic carbocycles. The van der Waals surface area contributed by atoms with Crippen molar-refractivity contribution in [3.63, 3.8) is 0 Å². The molecule has 5 heteroatoms. The van der Waals surface area contributed by atoms with Crippen molar-refractivity contribution in [1.29, 1.82) is 0 Å². The van der Waals surface area contributed by atoms with Crippen LogP contribution in [-0.4, -0.2) is 22.7 Å². The fourth-order valence-corrected chi connectivity index (χ4v) is 0.597. The van der Waals surface area contributed by atoms with Gasteiger partial charge in [0, 0.05) is 12.4 Å². The van der Waals surface area contributed by atoms with Crippen molar-refractivity contribution in [2.45, 2.75) is 6.92 Å². The van der Waals surface area contributed by atoms with Crippen molar-refractivity contribution in [2.75, 3.05) is 11.9 Å². The Morgan fingerprint density at radius 3 is 3.27 bits per heavy atom. The molecule has 1 aromatic rings. The van der Waals surface area contributed by atoms with E-state index < -0.39 is 6.09 Å². The van der Waals surface area contributed by atoms with Gasteiger partial charge in [-0.25, -0.2) is 9.78 Å². The minimum absolute atomic E-state index is 0.354. The molecule has 0 bridgehead atoms. The Morgan fingerprint density at radius 1 is 1.91 bits per heavy atom. The van der Waals surface area contributed by atoms with Gasteiger partial charge in [-0.05, 0) is 6.92 Å². The SMILES string of the molecule is CCOC(=O)Nc1ncc[nH]1. The molecule has 0 aliphatic heterocycles. The molecule has 0 aromatic carbocycles. The molecule has 0 radical (unpaired) electrons. The van der Waals surface area contributed by atoms with Crippen LogP contribution in [0.3, 0.4) is 0 Å². The number of nitrogens with one attached hydrogen (secondary N) is 2. The van der Waals surface area contributed by atoms with Crippen molar-refractivity contribution in [2.24, 2.45) is 0 Å². The van der Waals surface area contributed by atoms with Crippen LogP contribution in [0, 0.1) is 0 Å². The Bertz CT molecular complexity index is 220. The minimum atomic E-state index is -0.498. The zero-order valence-corrected chi connectivity index (χ0v) is 6.13. The van der Waals surface area contributed by atoms with Crippen LogP contribution in [-0.2, 0) is 4.74 Å². The van der Waals surface area contributed by atoms with Crippen LogP contribution in [0.25, 0.3) is 0 Å². The van der Waals surface area contributed by atoms with Crippen molar-refractivity contribution in [3.8, 4) is 0 Å². The molecule has 0 unspecified atom stereocenters. The van der Waals surface area contributed by atoms with E-state index >= 15 is 0 Å². The van der Waals surface area contributed by atoms with Crippen LogP contribution in [0.5, 0.6) is 0 Å². The molecular weight excluding hydrogens is 146 g/mol. The Labute approximate surface area is 63.8 Å². The third kappa shape index (κ3) is 2.29. The van der Waals surface area contributed by atoms with Crippen molar-refractivity contribution in [3.05, 3.63) is 12.4 Å². The maximum Gasteiger partial charge on any atom is 0.413 e. The van der Waals surface area contributed by atoms with Crippen LogP contribution in [0.1, 0.15) is 6.92 Å². The van der Waals surface area contributed by atoms with Gasteiger partial charge in [0.1, 0.15) is 0 Å². The molecular formula is C6H9N3O2. The highest BCUT2D eigenvalue weighted by Gasteiger charge is 2.01. The Morgan fingerprint density at radius 2 is 2.73 bits per heavy atom. The van der Waals surface area contributed by atoms with E-state index in [0.29, 0.717) is 12.6 Å². The molecule has 1 amide bonds. The fraction of sp³-hybridized carbons (Fsp3) is 0.333. The van der Waals surface area contributed by atoms with Gasteiger partial charge in [0.05, 0.1) is 6.61 Å². The summed E-state index contributed by atoms with van der Waals surface area (Å²) in [4.78, 5) is 17.2. The average Bonchev–Trinajstić information content (AvgIpc) is 2.40. The molecule has 0 aliphatic rings. The number of H-pyrrole nitrogens is 1. The molecule has 0 fully saturated rings. The van der Waals surface area contributed by atoms with E-state index in [4.69, 9.17) is 0 Å². The number of anilines is 1. The van der Waals surface area contributed by atoms with Gasteiger partial charge in [0.25, 0.3) is 0 Å². The van der Waals surface area contributed by atoms with Gasteiger partial charge in [-0.15, -0.1) is 0 Å². The van der Waals surface area contributed by atoms with Crippen LogP contribution < -0.4 is 5.32 Å². The monoisotopic (exact) mass is 155 g/mol. The van der Waals surface area contributed by atoms with E-state index in [2.05, 4.69) is 20.0 Å². The zero-order chi connectivity index (χ0) is 8.10. The first-order valence-corrected chi connectivity index (χ1v) is 3.26. The largest absolute Gasteiger partial charge is 0.450 e. The number of aromatic nitrogens is 2. The van der Waals surface area contributed by atoms with Crippen LogP contribution in [0.4, 0.5) is 10.7 Å². The smallest absolute Gasteiger partial charge is 0.413 e. The fourth-order valence-electron chi connectivity index (χ4n) is 0.597. The van der Waals surface area contributed by atoms with Crippen molar-refractivity contribution >= 4 is 12.0 Å². The normalized spacial score (nSPS) is 9.18. The maximum atomic E-state index is 10.7. The van der Waals surface area contributed by atoms with Gasteiger partial charge < -0.3 is 9.72 Å². The second-order valence-electron chi connectivity index (χ2n) is 1.78. The minimum Gasteiger partial charge on any atom is -0.450 e. The second kappa shape index (κ2) is 3.60. The predicted octanol–water partition coefficient (Wildman–Crippen LogP) is 0.978. The van der Waals surface area contributed by atoms with E-state index in [1.165, 1.54) is 0 Å². The molecule has 1 rings (SSSR count). The zero-order valence-electron chi connectivity index (χ0n) is 6.13. The summed E-state index contributed by atoms with van der Waals surface area (Å²) in [7, 11) is 0. The van der Waals surface area contributed by atoms with E-state index in [9.17, 15) is 4.79 Å². The molecule has 0 atom stereocenters. The summed E-state index contributed by atoms with van der Waals surface area (Å²) in [6, 6.07) is 0. The topological polar surface area (TPSA) is 67.0 Å². The third-order valence-electron chi connectivity index (χ3n) is 0.994. The van der Waals surface area contributed by atoms with Gasteiger partial charge in [-0.2, -0.15) is 0 Å². The molecule has 0 saturated heterocycles. The van der Waals surface area contributed by atoms with Crippen molar-refractivity contribution < 1.29 is 9.53 Å². The van der Waals surface area contributed by atoms with Gasteiger partial charge in [0.2, 0.25) is 5.95 Å². The lowest BCUT2D eigenvalue weighted by Crippen LogP contribution is -2.14. The van der Waals surface area contributed by atoms with Gasteiger partial charge >= 0.3 is 6.09 Å². The molecule has 1 heterocycles. The highest BCUT2D eigenvalue weighted by Crippen LogP contribution is 1.95. The summed E-state index contributed by atoms with van der Waals surface area (Å²) in [5.74, 6) is 0.392. The number of amides is 1. The number of hydrogen-bond acceptors (Lipinski definition) is 3. The van der Waals surface area contributed by atoms with E-state index in [-0.39, 0.29) is 0 Å². The van der Waals surface area contributed by atoms with E-state index in [1.54, 1.807) is 19.3 Å². The number of rotatable bonds is 2. The first kappa shape index (κ1) is 7.59. The summed E-state index contributed by atoms with van der Waals surface area (Å²) in [6.45, 7) is 2.09. The summed E-state index contributed by atoms with van der Waals surface area (Å²) >= 11 is 0. The first-order valence-electron chi connectivity index (χ1n) is 3.26. The van der Waals surface area contributed by atoms with E-state index in [1.807, 2.05) is 0 Å². The Balaban J connectivity index is 2.37. The van der Waals surface area contributed by atoms with Gasteiger partial charge in [0.15, 0.2) is 0 Å². The first-order chi connectivity index (χ1) is 5.33. The molecule has 11 heavy (non-hydrogen) atoms. The molecule has 60 valence electrons. The van der Waals surface area contributed by atoms with Crippen LogP contribution >= 0.6 is 0 Å². The van der Waals surface area contributed by atoms with Gasteiger partial charge in [-0.3, -0.25) is 5.32 Å². The number of nitrogens with zero attached hydrogens (tertiary/aromatic N) is 1. The summed E-state index contributed by atoms with van der Waals surface area (Å²) in [5.41, 5.74) is 0.